The van der Waals surface area contributed by atoms with Crippen LogP contribution in [0.2, 0.25) is 0 Å². The van der Waals surface area contributed by atoms with Gasteiger partial charge >= 0.3 is 0 Å². The monoisotopic (exact) mass is 378 g/mol. The van der Waals surface area contributed by atoms with E-state index in [1.807, 2.05) is 0 Å². The largest absolute Gasteiger partial charge is 0.243 e. The number of hydrogen-bond donors (Lipinski definition) is 0. The van der Waals surface area contributed by atoms with Gasteiger partial charge < -0.3 is 0 Å². The first-order chi connectivity index (χ1) is 10.9. The van der Waals surface area contributed by atoms with E-state index in [0.29, 0.717) is 36.3 Å². The minimum absolute atomic E-state index is 0.433. The van der Waals surface area contributed by atoms with Gasteiger partial charge in [0, 0.05) is 36.3 Å². The van der Waals surface area contributed by atoms with Crippen LogP contribution in [0.25, 0.3) is 0 Å². The molecule has 0 saturated heterocycles. The van der Waals surface area contributed by atoms with E-state index in [4.69, 9.17) is 4.52 Å². The molecule has 1 unspecified atom stereocenters. The van der Waals surface area contributed by atoms with Crippen LogP contribution in [0.15, 0.2) is 4.52 Å². The molecule has 1 atom stereocenters. The molecule has 0 aromatic heterocycles. The van der Waals surface area contributed by atoms with Crippen molar-refractivity contribution in [3.8, 4) is 0 Å². The van der Waals surface area contributed by atoms with Crippen molar-refractivity contribution in [1.29, 1.82) is 0 Å². The van der Waals surface area contributed by atoms with Crippen LogP contribution in [0.5, 0.6) is 0 Å². The molecular weight excluding hydrogens is 334 g/mol. The third-order valence-electron chi connectivity index (χ3n) is 4.26. The van der Waals surface area contributed by atoms with E-state index in [1.165, 1.54) is 0 Å². The van der Waals surface area contributed by atoms with E-state index in [9.17, 15) is 0 Å². The van der Waals surface area contributed by atoms with Crippen LogP contribution in [0.1, 0.15) is 83.1 Å². The Morgan fingerprint density at radius 2 is 0.667 bits per heavy atom. The first-order valence-corrected chi connectivity index (χ1v) is 11.7. The van der Waals surface area contributed by atoms with Crippen molar-refractivity contribution < 1.29 is 0 Å². The fourth-order valence-electron chi connectivity index (χ4n) is 4.18. The fourth-order valence-corrected chi connectivity index (χ4v) is 10.0. The zero-order valence-corrected chi connectivity index (χ0v) is 20.3. The lowest BCUT2D eigenvalue weighted by Crippen LogP contribution is -2.53. The maximum atomic E-state index is 5.15. The number of hydrogen-bond acceptors (Lipinski definition) is 1. The van der Waals surface area contributed by atoms with Crippen LogP contribution in [0, 0.1) is 0 Å². The van der Waals surface area contributed by atoms with E-state index in [2.05, 4.69) is 106 Å². The molecule has 0 aliphatic heterocycles. The highest BCUT2D eigenvalue weighted by molar-refractivity contribution is 7.62. The first kappa shape index (κ1) is 24.5. The van der Waals surface area contributed by atoms with E-state index >= 15 is 0 Å². The Labute approximate surface area is 155 Å². The van der Waals surface area contributed by atoms with E-state index in [-0.39, 0.29) is 0 Å². The molecule has 0 radical (unpaired) electrons. The summed E-state index contributed by atoms with van der Waals surface area (Å²) in [5.41, 5.74) is 0. The molecule has 0 amide bonds. The quantitative estimate of drug-likeness (QED) is 0.454. The van der Waals surface area contributed by atoms with Gasteiger partial charge in [0.25, 0.3) is 0 Å². The van der Waals surface area contributed by atoms with Gasteiger partial charge in [0.1, 0.15) is 0 Å². The maximum Gasteiger partial charge on any atom is 0.172 e. The standard InChI is InChI=1S/C18H44N4P2/c1-13(2)20(14(3)4)24(19-23,21(15(5)6)16(7)8)22(17(9)10)18(11)12/h13-18H,23H2,1-12H3. The Morgan fingerprint density at radius 3 is 0.750 bits per heavy atom. The summed E-state index contributed by atoms with van der Waals surface area (Å²) in [5.74, 6) is 0. The predicted octanol–water partition coefficient (Wildman–Crippen LogP) is 6.08. The van der Waals surface area contributed by atoms with Gasteiger partial charge in [0.2, 0.25) is 0 Å². The van der Waals surface area contributed by atoms with Crippen LogP contribution in [-0.4, -0.2) is 50.3 Å². The zero-order chi connectivity index (χ0) is 19.4. The molecule has 0 aliphatic carbocycles. The molecule has 6 heteroatoms. The summed E-state index contributed by atoms with van der Waals surface area (Å²) in [6, 6.07) is 2.60. The second-order valence-electron chi connectivity index (χ2n) is 8.35. The molecule has 146 valence electrons. The molecule has 0 bridgehead atoms. The molecule has 0 heterocycles. The normalized spacial score (nSPS) is 14.1. The minimum Gasteiger partial charge on any atom is -0.243 e. The van der Waals surface area contributed by atoms with Gasteiger partial charge in [-0.2, -0.15) is 0 Å². The summed E-state index contributed by atoms with van der Waals surface area (Å²) < 4.78 is 13.2. The van der Waals surface area contributed by atoms with E-state index < -0.39 is 7.51 Å². The van der Waals surface area contributed by atoms with Crippen LogP contribution in [0.4, 0.5) is 0 Å². The molecule has 0 fully saturated rings. The van der Waals surface area contributed by atoms with Crippen molar-refractivity contribution in [3.05, 3.63) is 0 Å². The third kappa shape index (κ3) is 5.04. The number of nitrogens with zero attached hydrogens (tertiary/aromatic N) is 4. The van der Waals surface area contributed by atoms with E-state index in [1.54, 1.807) is 0 Å². The van der Waals surface area contributed by atoms with Crippen molar-refractivity contribution in [2.75, 3.05) is 0 Å². The molecule has 24 heavy (non-hydrogen) atoms. The summed E-state index contributed by atoms with van der Waals surface area (Å²) >= 11 is 0. The van der Waals surface area contributed by atoms with Gasteiger partial charge in [-0.15, -0.1) is 0 Å². The number of rotatable bonds is 9. The second-order valence-corrected chi connectivity index (χ2v) is 11.7. The van der Waals surface area contributed by atoms with Crippen molar-refractivity contribution in [3.63, 3.8) is 0 Å². The summed E-state index contributed by atoms with van der Waals surface area (Å²) in [7, 11) is 0.694. The highest BCUT2D eigenvalue weighted by atomic mass is 31.2. The molecule has 0 N–H and O–H groups in total. The highest BCUT2D eigenvalue weighted by Gasteiger charge is 2.46. The van der Waals surface area contributed by atoms with Gasteiger partial charge in [-0.3, -0.25) is 0 Å². The van der Waals surface area contributed by atoms with Gasteiger partial charge in [-0.05, 0) is 92.5 Å². The Morgan fingerprint density at radius 1 is 0.500 bits per heavy atom. The molecule has 0 rings (SSSR count). The minimum atomic E-state index is -2.06. The van der Waals surface area contributed by atoms with E-state index in [0.717, 1.165) is 0 Å². The Balaban J connectivity index is 6.86. The maximum absolute atomic E-state index is 5.15. The molecular formula is C18H44N4P2. The highest BCUT2D eigenvalue weighted by Crippen LogP contribution is 2.65. The van der Waals surface area contributed by atoms with Gasteiger partial charge in [-0.1, -0.05) is 0 Å². The van der Waals surface area contributed by atoms with Crippen LogP contribution in [-0.2, 0) is 0 Å². The van der Waals surface area contributed by atoms with Gasteiger partial charge in [0.15, 0.2) is 7.51 Å². The SMILES string of the molecule is CC(C)N(C(C)C)P(=NP)(N(C(C)C)C(C)C)N(C(C)C)C(C)C. The predicted molar refractivity (Wildman–Crippen MR) is 115 cm³/mol. The molecule has 0 aromatic rings. The third-order valence-corrected chi connectivity index (χ3v) is 10.1. The topological polar surface area (TPSA) is 22.1 Å². The lowest BCUT2D eigenvalue weighted by atomic mass is 10.3. The van der Waals surface area contributed by atoms with Crippen LogP contribution in [0.3, 0.4) is 0 Å². The summed E-state index contributed by atoms with van der Waals surface area (Å²) in [6.45, 7) is 27.7. The summed E-state index contributed by atoms with van der Waals surface area (Å²) in [5, 5.41) is 0. The van der Waals surface area contributed by atoms with Gasteiger partial charge in [-0.25, -0.2) is 18.5 Å². The fraction of sp³-hybridized carbons (Fsp3) is 1.00. The molecule has 4 nitrogen and oxygen atoms in total. The lowest BCUT2D eigenvalue weighted by molar-refractivity contribution is 0.189. The van der Waals surface area contributed by atoms with Crippen molar-refractivity contribution in [2.45, 2.75) is 119 Å². The zero-order valence-electron chi connectivity index (χ0n) is 18.3. The smallest absolute Gasteiger partial charge is 0.172 e. The second kappa shape index (κ2) is 10.0. The molecule has 0 spiro atoms. The summed E-state index contributed by atoms with van der Waals surface area (Å²) in [4.78, 5) is 0. The summed E-state index contributed by atoms with van der Waals surface area (Å²) in [6.07, 6.45) is 0. The first-order valence-electron chi connectivity index (χ1n) is 9.54. The van der Waals surface area contributed by atoms with Crippen molar-refractivity contribution >= 4 is 16.9 Å². The van der Waals surface area contributed by atoms with Crippen molar-refractivity contribution in [2.24, 2.45) is 4.52 Å². The Kier molecular flexibility index (Phi) is 10.3. The Hall–Kier alpha value is 0.540. The average Bonchev–Trinajstić information content (AvgIpc) is 2.34. The lowest BCUT2D eigenvalue weighted by Gasteiger charge is -2.57. The van der Waals surface area contributed by atoms with Gasteiger partial charge in [0.05, 0.1) is 0 Å². The molecule has 0 aliphatic rings. The van der Waals surface area contributed by atoms with Crippen molar-refractivity contribution in [1.82, 2.24) is 14.0 Å². The molecule has 0 aromatic carbocycles. The Bertz CT molecular complexity index is 336. The van der Waals surface area contributed by atoms with Crippen LogP contribution >= 0.6 is 16.9 Å². The average molecular weight is 379 g/mol. The molecule has 0 saturated carbocycles. The van der Waals surface area contributed by atoms with Crippen LogP contribution < -0.4 is 0 Å².